The number of rotatable bonds is 5. The fraction of sp³-hybridized carbons (Fsp3) is 0.231. The number of anilines is 1. The second-order valence-corrected chi connectivity index (χ2v) is 3.77. The van der Waals surface area contributed by atoms with Crippen molar-refractivity contribution < 1.29 is 9.21 Å². The van der Waals surface area contributed by atoms with Crippen molar-refractivity contribution in [3.05, 3.63) is 48.0 Å². The van der Waals surface area contributed by atoms with Crippen molar-refractivity contribution in [3.63, 3.8) is 0 Å². The van der Waals surface area contributed by atoms with Crippen LogP contribution in [-0.4, -0.2) is 17.4 Å². The van der Waals surface area contributed by atoms with Gasteiger partial charge in [-0.3, -0.25) is 4.79 Å². The first kappa shape index (κ1) is 12.2. The molecule has 2 aromatic rings. The lowest BCUT2D eigenvalue weighted by molar-refractivity contribution is 0.0951. The normalized spacial score (nSPS) is 10.1. The van der Waals surface area contributed by atoms with Crippen LogP contribution in [0.5, 0.6) is 0 Å². The van der Waals surface area contributed by atoms with E-state index in [0.29, 0.717) is 17.9 Å². The van der Waals surface area contributed by atoms with E-state index in [4.69, 9.17) is 4.42 Å². The molecular formula is C13H15N3O2. The maximum Gasteiger partial charge on any atom is 0.251 e. The van der Waals surface area contributed by atoms with Gasteiger partial charge in [0.15, 0.2) is 0 Å². The number of nitrogens with one attached hydrogen (secondary N) is 2. The summed E-state index contributed by atoms with van der Waals surface area (Å²) in [6.07, 6.45) is 4.80. The number of amides is 1. The fourth-order valence-corrected chi connectivity index (χ4v) is 1.53. The highest BCUT2D eigenvalue weighted by molar-refractivity contribution is 5.94. The maximum atomic E-state index is 11.9. The quantitative estimate of drug-likeness (QED) is 0.845. The van der Waals surface area contributed by atoms with Crippen LogP contribution >= 0.6 is 0 Å². The molecule has 0 fully saturated rings. The van der Waals surface area contributed by atoms with E-state index >= 15 is 0 Å². The van der Waals surface area contributed by atoms with Crippen LogP contribution in [-0.2, 0) is 6.54 Å². The third kappa shape index (κ3) is 3.10. The Bertz CT molecular complexity index is 509. The Kier molecular flexibility index (Phi) is 3.96. The predicted molar refractivity (Wildman–Crippen MR) is 68.3 cm³/mol. The molecule has 0 unspecified atom stereocenters. The van der Waals surface area contributed by atoms with Crippen molar-refractivity contribution in [2.75, 3.05) is 11.9 Å². The molecule has 0 bridgehead atoms. The molecule has 0 aliphatic heterocycles. The molecule has 0 saturated carbocycles. The number of carbonyl (C=O) groups is 1. The molecular weight excluding hydrogens is 230 g/mol. The van der Waals surface area contributed by atoms with Gasteiger partial charge in [-0.1, -0.05) is 0 Å². The third-order valence-electron chi connectivity index (χ3n) is 2.41. The average molecular weight is 245 g/mol. The molecule has 18 heavy (non-hydrogen) atoms. The molecule has 0 saturated heterocycles. The van der Waals surface area contributed by atoms with Crippen LogP contribution in [0.1, 0.15) is 22.8 Å². The van der Waals surface area contributed by atoms with Crippen molar-refractivity contribution in [1.29, 1.82) is 0 Å². The monoisotopic (exact) mass is 245 g/mol. The Balaban J connectivity index is 1.97. The summed E-state index contributed by atoms with van der Waals surface area (Å²) in [4.78, 5) is 16.0. The summed E-state index contributed by atoms with van der Waals surface area (Å²) in [5, 5.41) is 5.88. The van der Waals surface area contributed by atoms with Gasteiger partial charge in [0.05, 0.1) is 12.5 Å². The van der Waals surface area contributed by atoms with Crippen LogP contribution in [0.15, 0.2) is 41.3 Å². The van der Waals surface area contributed by atoms with E-state index in [-0.39, 0.29) is 5.91 Å². The van der Waals surface area contributed by atoms with Crippen LogP contribution in [0.2, 0.25) is 0 Å². The standard InChI is InChI=1S/C13H15N3O2/c1-2-14-12-7-11(3-5-15-12)13(17)16-8-10-4-6-18-9-10/h3-7,9H,2,8H2,1H3,(H,14,15)(H,16,17). The lowest BCUT2D eigenvalue weighted by atomic mass is 10.2. The highest BCUT2D eigenvalue weighted by atomic mass is 16.3. The highest BCUT2D eigenvalue weighted by Gasteiger charge is 2.06. The molecule has 2 N–H and O–H groups in total. The second-order valence-electron chi connectivity index (χ2n) is 3.77. The fourth-order valence-electron chi connectivity index (χ4n) is 1.53. The van der Waals surface area contributed by atoms with E-state index in [0.717, 1.165) is 12.1 Å². The number of nitrogens with zero attached hydrogens (tertiary/aromatic N) is 1. The second kappa shape index (κ2) is 5.86. The molecule has 0 radical (unpaired) electrons. The maximum absolute atomic E-state index is 11.9. The van der Waals surface area contributed by atoms with Crippen LogP contribution < -0.4 is 10.6 Å². The van der Waals surface area contributed by atoms with E-state index in [1.54, 1.807) is 30.9 Å². The third-order valence-corrected chi connectivity index (χ3v) is 2.41. The van der Waals surface area contributed by atoms with Gasteiger partial charge in [0.2, 0.25) is 0 Å². The molecule has 0 aromatic carbocycles. The molecule has 0 aliphatic carbocycles. The van der Waals surface area contributed by atoms with Crippen LogP contribution in [0.3, 0.4) is 0 Å². The van der Waals surface area contributed by atoms with Crippen LogP contribution in [0, 0.1) is 0 Å². The summed E-state index contributed by atoms with van der Waals surface area (Å²) < 4.78 is 4.93. The first-order valence-electron chi connectivity index (χ1n) is 5.79. The van der Waals surface area contributed by atoms with Crippen molar-refractivity contribution >= 4 is 11.7 Å². The first-order valence-corrected chi connectivity index (χ1v) is 5.79. The van der Waals surface area contributed by atoms with E-state index in [9.17, 15) is 4.79 Å². The number of carbonyl (C=O) groups excluding carboxylic acids is 1. The van der Waals surface area contributed by atoms with Crippen LogP contribution in [0.4, 0.5) is 5.82 Å². The molecule has 94 valence electrons. The van der Waals surface area contributed by atoms with Crippen molar-refractivity contribution in [2.45, 2.75) is 13.5 Å². The van der Waals surface area contributed by atoms with E-state index in [2.05, 4.69) is 15.6 Å². The SMILES string of the molecule is CCNc1cc(C(=O)NCc2ccoc2)ccn1. The molecule has 0 atom stereocenters. The van der Waals surface area contributed by atoms with Crippen LogP contribution in [0.25, 0.3) is 0 Å². The van der Waals surface area contributed by atoms with Gasteiger partial charge < -0.3 is 15.1 Å². The topological polar surface area (TPSA) is 67.2 Å². The largest absolute Gasteiger partial charge is 0.472 e. The molecule has 2 aromatic heterocycles. The van der Waals surface area contributed by atoms with Gasteiger partial charge >= 0.3 is 0 Å². The minimum Gasteiger partial charge on any atom is -0.472 e. The summed E-state index contributed by atoms with van der Waals surface area (Å²) in [6, 6.07) is 5.23. The summed E-state index contributed by atoms with van der Waals surface area (Å²) in [7, 11) is 0. The molecule has 2 heterocycles. The first-order chi connectivity index (χ1) is 8.79. The highest BCUT2D eigenvalue weighted by Crippen LogP contribution is 2.07. The zero-order chi connectivity index (χ0) is 12.8. The van der Waals surface area contributed by atoms with Gasteiger partial charge in [0.1, 0.15) is 5.82 Å². The lowest BCUT2D eigenvalue weighted by Crippen LogP contribution is -2.22. The van der Waals surface area contributed by atoms with Gasteiger partial charge in [-0.2, -0.15) is 0 Å². The van der Waals surface area contributed by atoms with E-state index in [1.807, 2.05) is 13.0 Å². The zero-order valence-corrected chi connectivity index (χ0v) is 10.1. The minimum atomic E-state index is -0.127. The lowest BCUT2D eigenvalue weighted by Gasteiger charge is -2.06. The van der Waals surface area contributed by atoms with Gasteiger partial charge in [-0.15, -0.1) is 0 Å². The summed E-state index contributed by atoms with van der Waals surface area (Å²) in [6.45, 7) is 3.20. The van der Waals surface area contributed by atoms with Crippen molar-refractivity contribution in [2.24, 2.45) is 0 Å². The van der Waals surface area contributed by atoms with Gasteiger partial charge in [0.25, 0.3) is 5.91 Å². The molecule has 1 amide bonds. The Hall–Kier alpha value is -2.30. The number of hydrogen-bond donors (Lipinski definition) is 2. The number of furan rings is 1. The van der Waals surface area contributed by atoms with Gasteiger partial charge in [-0.05, 0) is 25.1 Å². The Labute approximate surface area is 105 Å². The average Bonchev–Trinajstić information content (AvgIpc) is 2.90. The Morgan fingerprint density at radius 3 is 3.06 bits per heavy atom. The Morgan fingerprint density at radius 1 is 1.44 bits per heavy atom. The van der Waals surface area contributed by atoms with Crippen molar-refractivity contribution in [3.8, 4) is 0 Å². The Morgan fingerprint density at radius 2 is 2.33 bits per heavy atom. The van der Waals surface area contributed by atoms with E-state index < -0.39 is 0 Å². The van der Waals surface area contributed by atoms with Crippen molar-refractivity contribution in [1.82, 2.24) is 10.3 Å². The smallest absolute Gasteiger partial charge is 0.251 e. The number of pyridine rings is 1. The zero-order valence-electron chi connectivity index (χ0n) is 10.1. The summed E-state index contributed by atoms with van der Waals surface area (Å²) in [5.74, 6) is 0.575. The van der Waals surface area contributed by atoms with Gasteiger partial charge in [0, 0.05) is 30.4 Å². The molecule has 0 spiro atoms. The van der Waals surface area contributed by atoms with E-state index in [1.165, 1.54) is 0 Å². The molecule has 5 heteroatoms. The minimum absolute atomic E-state index is 0.127. The number of hydrogen-bond acceptors (Lipinski definition) is 4. The summed E-state index contributed by atoms with van der Waals surface area (Å²) in [5.41, 5.74) is 1.52. The molecule has 5 nitrogen and oxygen atoms in total. The molecule has 0 aliphatic rings. The number of aromatic nitrogens is 1. The van der Waals surface area contributed by atoms with Gasteiger partial charge in [-0.25, -0.2) is 4.98 Å². The molecule has 2 rings (SSSR count). The predicted octanol–water partition coefficient (Wildman–Crippen LogP) is 2.04. The summed E-state index contributed by atoms with van der Waals surface area (Å²) >= 11 is 0.